The van der Waals surface area contributed by atoms with Gasteiger partial charge in [0.2, 0.25) is 0 Å². The summed E-state index contributed by atoms with van der Waals surface area (Å²) < 4.78 is 0. The van der Waals surface area contributed by atoms with Gasteiger partial charge >= 0.3 is 0 Å². The normalized spacial score (nSPS) is 16.8. The van der Waals surface area contributed by atoms with E-state index in [4.69, 9.17) is 0 Å². The van der Waals surface area contributed by atoms with Crippen molar-refractivity contribution in [2.24, 2.45) is 0 Å². The number of rotatable bonds is 3. The molecular weight excluding hydrogens is 228 g/mol. The number of aldehydes is 1. The summed E-state index contributed by atoms with van der Waals surface area (Å²) in [5, 5.41) is 2.04. The van der Waals surface area contributed by atoms with Gasteiger partial charge in [0.05, 0.1) is 4.88 Å². The highest BCUT2D eigenvalue weighted by Gasteiger charge is 2.38. The van der Waals surface area contributed by atoms with Crippen LogP contribution in [0, 0.1) is 0 Å². The van der Waals surface area contributed by atoms with Crippen molar-refractivity contribution in [3.63, 3.8) is 0 Å². The zero-order valence-corrected chi connectivity index (χ0v) is 10.6. The first-order valence-corrected chi connectivity index (χ1v) is 6.74. The predicted octanol–water partition coefficient (Wildman–Crippen LogP) is 4.28. The van der Waals surface area contributed by atoms with Crippen LogP contribution in [0.4, 0.5) is 0 Å². The number of thiophene rings is 1. The highest BCUT2D eigenvalue weighted by Crippen LogP contribution is 2.47. The molecule has 0 amide bonds. The number of carbonyl (C=O) groups excluding carboxylic acids is 1. The molecule has 0 N–H and O–H groups in total. The number of hydrogen-bond acceptors (Lipinski definition) is 2. The van der Waals surface area contributed by atoms with Gasteiger partial charge in [-0.05, 0) is 46.4 Å². The molecule has 1 aromatic heterocycles. The first-order valence-electron chi connectivity index (χ1n) is 5.86. The highest BCUT2D eigenvalue weighted by molar-refractivity contribution is 7.12. The molecule has 17 heavy (non-hydrogen) atoms. The molecule has 0 bridgehead atoms. The van der Waals surface area contributed by atoms with Gasteiger partial charge in [0.1, 0.15) is 0 Å². The second-order valence-corrected chi connectivity index (χ2v) is 5.94. The van der Waals surface area contributed by atoms with Crippen LogP contribution in [0.2, 0.25) is 0 Å². The van der Waals surface area contributed by atoms with Crippen LogP contribution < -0.4 is 0 Å². The Bertz CT molecular complexity index is 547. The number of hydrogen-bond donors (Lipinski definition) is 0. The fourth-order valence-electron chi connectivity index (χ4n) is 2.11. The molecule has 0 spiro atoms. The molecule has 2 heteroatoms. The zero-order chi connectivity index (χ0) is 11.9. The fraction of sp³-hybridized carbons (Fsp3) is 0.267. The van der Waals surface area contributed by atoms with Gasteiger partial charge in [-0.15, -0.1) is 11.3 Å². The third-order valence-corrected chi connectivity index (χ3v) is 4.51. The molecule has 2 aromatic rings. The monoisotopic (exact) mass is 242 g/mol. The van der Waals surface area contributed by atoms with Gasteiger partial charge in [-0.3, -0.25) is 4.79 Å². The minimum atomic E-state index is 0.432. The lowest BCUT2D eigenvalue weighted by Gasteiger charge is -2.08. The largest absolute Gasteiger partial charge is 0.297 e. The summed E-state index contributed by atoms with van der Waals surface area (Å²) in [5.74, 6) is 0. The van der Waals surface area contributed by atoms with E-state index in [1.807, 2.05) is 11.4 Å². The van der Waals surface area contributed by atoms with Crippen molar-refractivity contribution >= 4 is 17.6 Å². The van der Waals surface area contributed by atoms with E-state index in [1.165, 1.54) is 35.3 Å². The summed E-state index contributed by atoms with van der Waals surface area (Å²) in [7, 11) is 0. The van der Waals surface area contributed by atoms with Crippen LogP contribution in [-0.4, -0.2) is 6.29 Å². The smallest absolute Gasteiger partial charge is 0.160 e. The van der Waals surface area contributed by atoms with Crippen LogP contribution in [-0.2, 0) is 5.41 Å². The molecule has 1 aliphatic carbocycles. The molecule has 1 fully saturated rings. The Labute approximate surface area is 105 Å². The van der Waals surface area contributed by atoms with E-state index >= 15 is 0 Å². The van der Waals surface area contributed by atoms with Crippen LogP contribution in [0.5, 0.6) is 0 Å². The predicted molar refractivity (Wildman–Crippen MR) is 71.7 cm³/mol. The summed E-state index contributed by atoms with van der Waals surface area (Å²) >= 11 is 1.50. The first kappa shape index (κ1) is 10.7. The molecule has 1 aliphatic rings. The van der Waals surface area contributed by atoms with Gasteiger partial charge in [0.25, 0.3) is 0 Å². The highest BCUT2D eigenvalue weighted by atomic mass is 32.1. The average Bonchev–Trinajstić information content (AvgIpc) is 2.95. The van der Waals surface area contributed by atoms with Gasteiger partial charge in [-0.2, -0.15) is 0 Å². The summed E-state index contributed by atoms with van der Waals surface area (Å²) in [5.41, 5.74) is 4.21. The second kappa shape index (κ2) is 3.81. The van der Waals surface area contributed by atoms with Gasteiger partial charge in [0, 0.05) is 0 Å². The third-order valence-electron chi connectivity index (χ3n) is 3.65. The van der Waals surface area contributed by atoms with Crippen molar-refractivity contribution in [1.29, 1.82) is 0 Å². The maximum atomic E-state index is 10.7. The third kappa shape index (κ3) is 1.93. The Morgan fingerprint density at radius 3 is 2.41 bits per heavy atom. The van der Waals surface area contributed by atoms with Gasteiger partial charge in [0.15, 0.2) is 6.29 Å². The first-order chi connectivity index (χ1) is 8.21. The fourth-order valence-corrected chi connectivity index (χ4v) is 2.82. The second-order valence-electron chi connectivity index (χ2n) is 4.99. The molecule has 0 aliphatic heterocycles. The molecule has 0 saturated heterocycles. The van der Waals surface area contributed by atoms with Crippen LogP contribution >= 0.6 is 11.3 Å². The Balaban J connectivity index is 1.91. The average molecular weight is 242 g/mol. The van der Waals surface area contributed by atoms with Crippen LogP contribution in [0.15, 0.2) is 35.7 Å². The van der Waals surface area contributed by atoms with E-state index in [0.29, 0.717) is 5.41 Å². The molecule has 0 atom stereocenters. The summed E-state index contributed by atoms with van der Waals surface area (Å²) in [6.07, 6.45) is 3.52. The van der Waals surface area contributed by atoms with Crippen molar-refractivity contribution in [2.45, 2.75) is 25.2 Å². The van der Waals surface area contributed by atoms with Crippen molar-refractivity contribution in [3.8, 4) is 11.1 Å². The molecule has 1 saturated carbocycles. The van der Waals surface area contributed by atoms with E-state index in [0.717, 1.165) is 16.7 Å². The Morgan fingerprint density at radius 1 is 1.18 bits per heavy atom. The van der Waals surface area contributed by atoms with E-state index in [9.17, 15) is 4.79 Å². The Hall–Kier alpha value is -1.41. The quantitative estimate of drug-likeness (QED) is 0.734. The lowest BCUT2D eigenvalue weighted by Crippen LogP contribution is -1.98. The van der Waals surface area contributed by atoms with Crippen molar-refractivity contribution in [1.82, 2.24) is 0 Å². The molecule has 3 rings (SSSR count). The van der Waals surface area contributed by atoms with Crippen LogP contribution in [0.3, 0.4) is 0 Å². The molecule has 86 valence electrons. The van der Waals surface area contributed by atoms with E-state index < -0.39 is 0 Å². The molecule has 1 nitrogen and oxygen atoms in total. The molecule has 1 aromatic carbocycles. The lowest BCUT2D eigenvalue weighted by molar-refractivity contribution is 0.112. The number of carbonyl (C=O) groups is 1. The van der Waals surface area contributed by atoms with Gasteiger partial charge in [-0.25, -0.2) is 0 Å². The molecular formula is C15H14OS. The van der Waals surface area contributed by atoms with E-state index in [1.54, 1.807) is 0 Å². The summed E-state index contributed by atoms with van der Waals surface area (Å²) in [4.78, 5) is 11.4. The van der Waals surface area contributed by atoms with E-state index in [-0.39, 0.29) is 0 Å². The van der Waals surface area contributed by atoms with Crippen LogP contribution in [0.1, 0.15) is 35.0 Å². The maximum absolute atomic E-state index is 10.7. The maximum Gasteiger partial charge on any atom is 0.160 e. The van der Waals surface area contributed by atoms with Crippen molar-refractivity contribution < 1.29 is 4.79 Å². The standard InChI is InChI=1S/C15H14OS/c1-15(6-7-15)13-4-2-11(3-5-13)12-8-14(9-16)17-10-12/h2-5,8-10H,6-7H2,1H3. The number of benzene rings is 1. The molecule has 0 radical (unpaired) electrons. The van der Waals surface area contributed by atoms with Crippen LogP contribution in [0.25, 0.3) is 11.1 Å². The molecule has 0 unspecified atom stereocenters. The SMILES string of the molecule is CC1(c2ccc(-c3csc(C=O)c3)cc2)CC1. The summed E-state index contributed by atoms with van der Waals surface area (Å²) in [6.45, 7) is 2.32. The minimum absolute atomic E-state index is 0.432. The molecule has 1 heterocycles. The zero-order valence-electron chi connectivity index (χ0n) is 9.77. The Kier molecular flexibility index (Phi) is 2.40. The van der Waals surface area contributed by atoms with Gasteiger partial charge in [-0.1, -0.05) is 31.2 Å². The minimum Gasteiger partial charge on any atom is -0.297 e. The topological polar surface area (TPSA) is 17.1 Å². The van der Waals surface area contributed by atoms with Gasteiger partial charge < -0.3 is 0 Å². The van der Waals surface area contributed by atoms with Crippen molar-refractivity contribution in [3.05, 3.63) is 46.2 Å². The van der Waals surface area contributed by atoms with E-state index in [2.05, 4.69) is 31.2 Å². The summed E-state index contributed by atoms with van der Waals surface area (Å²) in [6, 6.07) is 10.7. The lowest BCUT2D eigenvalue weighted by atomic mass is 9.96. The van der Waals surface area contributed by atoms with Crippen molar-refractivity contribution in [2.75, 3.05) is 0 Å². The Morgan fingerprint density at radius 2 is 1.88 bits per heavy atom.